The molecule has 5 heteroatoms. The van der Waals surface area contributed by atoms with E-state index in [4.69, 9.17) is 4.74 Å². The average molecular weight is 370 g/mol. The first kappa shape index (κ1) is 19.4. The highest BCUT2D eigenvalue weighted by atomic mass is 19.1. The highest BCUT2D eigenvalue weighted by Crippen LogP contribution is 2.26. The fraction of sp³-hybridized carbons (Fsp3) is 0.409. The second-order valence-corrected chi connectivity index (χ2v) is 7.52. The van der Waals surface area contributed by atoms with Crippen LogP contribution >= 0.6 is 0 Å². The molecule has 1 amide bonds. The SMILES string of the molecule is C[C@@H](NC(=O)C(C)(C)c1ccc(F)cc1)c1ccc(N2CCOCC2)cc1. The zero-order valence-electron chi connectivity index (χ0n) is 16.2. The van der Waals surface area contributed by atoms with Crippen LogP contribution in [0.15, 0.2) is 48.5 Å². The number of carbonyl (C=O) groups excluding carboxylic acids is 1. The summed E-state index contributed by atoms with van der Waals surface area (Å²) >= 11 is 0. The number of nitrogens with one attached hydrogen (secondary N) is 1. The maximum atomic E-state index is 13.2. The van der Waals surface area contributed by atoms with E-state index in [0.29, 0.717) is 0 Å². The topological polar surface area (TPSA) is 41.6 Å². The number of halogens is 1. The summed E-state index contributed by atoms with van der Waals surface area (Å²) < 4.78 is 18.6. The first-order chi connectivity index (χ1) is 12.9. The Morgan fingerprint density at radius 2 is 1.67 bits per heavy atom. The summed E-state index contributed by atoms with van der Waals surface area (Å²) in [6, 6.07) is 14.3. The number of carbonyl (C=O) groups is 1. The minimum atomic E-state index is -0.740. The van der Waals surface area contributed by atoms with Crippen molar-refractivity contribution in [1.82, 2.24) is 5.32 Å². The Morgan fingerprint density at radius 3 is 2.26 bits per heavy atom. The Balaban J connectivity index is 1.66. The summed E-state index contributed by atoms with van der Waals surface area (Å²) in [5, 5.41) is 3.08. The molecule has 1 aliphatic rings. The van der Waals surface area contributed by atoms with E-state index in [1.54, 1.807) is 12.1 Å². The third-order valence-corrected chi connectivity index (χ3v) is 5.25. The Kier molecular flexibility index (Phi) is 5.80. The Hall–Kier alpha value is -2.40. The van der Waals surface area contributed by atoms with Crippen LogP contribution in [0.5, 0.6) is 0 Å². The molecule has 0 bridgehead atoms. The second kappa shape index (κ2) is 8.09. The van der Waals surface area contributed by atoms with Gasteiger partial charge in [-0.1, -0.05) is 24.3 Å². The van der Waals surface area contributed by atoms with Crippen LogP contribution in [-0.2, 0) is 14.9 Å². The molecule has 0 unspecified atom stereocenters. The highest BCUT2D eigenvalue weighted by Gasteiger charge is 2.30. The average Bonchev–Trinajstić information content (AvgIpc) is 2.69. The van der Waals surface area contributed by atoms with Gasteiger partial charge in [-0.05, 0) is 56.2 Å². The van der Waals surface area contributed by atoms with E-state index in [9.17, 15) is 9.18 Å². The quantitative estimate of drug-likeness (QED) is 0.870. The molecular formula is C22H27FN2O2. The van der Waals surface area contributed by atoms with Gasteiger partial charge in [-0.15, -0.1) is 0 Å². The highest BCUT2D eigenvalue weighted by molar-refractivity contribution is 5.87. The fourth-order valence-corrected chi connectivity index (χ4v) is 3.25. The molecule has 2 aromatic rings. The maximum absolute atomic E-state index is 13.2. The summed E-state index contributed by atoms with van der Waals surface area (Å²) in [7, 11) is 0. The predicted octanol–water partition coefficient (Wildman–Crippen LogP) is 3.82. The van der Waals surface area contributed by atoms with Crippen molar-refractivity contribution in [2.45, 2.75) is 32.2 Å². The molecule has 3 rings (SSSR count). The number of benzene rings is 2. The van der Waals surface area contributed by atoms with Gasteiger partial charge in [-0.3, -0.25) is 4.79 Å². The van der Waals surface area contributed by atoms with Gasteiger partial charge in [0, 0.05) is 18.8 Å². The van der Waals surface area contributed by atoms with Crippen LogP contribution in [0.1, 0.15) is 37.9 Å². The summed E-state index contributed by atoms with van der Waals surface area (Å²) in [6.45, 7) is 8.99. The molecule has 0 radical (unpaired) electrons. The molecule has 0 aromatic heterocycles. The van der Waals surface area contributed by atoms with Crippen molar-refractivity contribution in [2.24, 2.45) is 0 Å². The molecule has 0 spiro atoms. The van der Waals surface area contributed by atoms with Crippen molar-refractivity contribution in [1.29, 1.82) is 0 Å². The van der Waals surface area contributed by atoms with E-state index in [1.807, 2.05) is 20.8 Å². The number of anilines is 1. The molecule has 2 aromatic carbocycles. The summed E-state index contributed by atoms with van der Waals surface area (Å²) in [6.07, 6.45) is 0. The molecular weight excluding hydrogens is 343 g/mol. The molecule has 0 aliphatic carbocycles. The van der Waals surface area contributed by atoms with Crippen molar-refractivity contribution in [2.75, 3.05) is 31.2 Å². The third-order valence-electron chi connectivity index (χ3n) is 5.25. The molecule has 1 aliphatic heterocycles. The van der Waals surface area contributed by atoms with Gasteiger partial charge in [-0.2, -0.15) is 0 Å². The molecule has 1 atom stereocenters. The first-order valence-corrected chi connectivity index (χ1v) is 9.37. The minimum absolute atomic E-state index is 0.0844. The molecule has 27 heavy (non-hydrogen) atoms. The van der Waals surface area contributed by atoms with Gasteiger partial charge < -0.3 is 15.0 Å². The van der Waals surface area contributed by atoms with Crippen molar-refractivity contribution in [3.05, 3.63) is 65.5 Å². The lowest BCUT2D eigenvalue weighted by Crippen LogP contribution is -2.41. The lowest BCUT2D eigenvalue weighted by atomic mass is 9.83. The Labute approximate surface area is 160 Å². The number of morpholine rings is 1. The lowest BCUT2D eigenvalue weighted by Gasteiger charge is -2.29. The number of hydrogen-bond donors (Lipinski definition) is 1. The monoisotopic (exact) mass is 370 g/mol. The number of amides is 1. The van der Waals surface area contributed by atoms with E-state index in [0.717, 1.165) is 37.4 Å². The Morgan fingerprint density at radius 1 is 1.07 bits per heavy atom. The van der Waals surface area contributed by atoms with Gasteiger partial charge in [0.15, 0.2) is 0 Å². The summed E-state index contributed by atoms with van der Waals surface area (Å²) in [4.78, 5) is 15.1. The van der Waals surface area contributed by atoms with Gasteiger partial charge in [0.05, 0.1) is 24.7 Å². The van der Waals surface area contributed by atoms with E-state index in [-0.39, 0.29) is 17.8 Å². The van der Waals surface area contributed by atoms with E-state index in [1.165, 1.54) is 17.8 Å². The van der Waals surface area contributed by atoms with Crippen LogP contribution < -0.4 is 10.2 Å². The van der Waals surface area contributed by atoms with E-state index >= 15 is 0 Å². The third kappa shape index (κ3) is 4.48. The maximum Gasteiger partial charge on any atom is 0.230 e. The minimum Gasteiger partial charge on any atom is -0.378 e. The van der Waals surface area contributed by atoms with Crippen molar-refractivity contribution in [3.8, 4) is 0 Å². The first-order valence-electron chi connectivity index (χ1n) is 9.37. The Bertz CT molecular complexity index is 766. The zero-order chi connectivity index (χ0) is 19.4. The summed E-state index contributed by atoms with van der Waals surface area (Å²) in [5.74, 6) is -0.387. The molecule has 1 heterocycles. The molecule has 1 N–H and O–H groups in total. The van der Waals surface area contributed by atoms with Gasteiger partial charge in [-0.25, -0.2) is 4.39 Å². The zero-order valence-corrected chi connectivity index (χ0v) is 16.2. The number of rotatable bonds is 5. The van der Waals surface area contributed by atoms with Crippen LogP contribution in [-0.4, -0.2) is 32.2 Å². The predicted molar refractivity (Wildman–Crippen MR) is 105 cm³/mol. The van der Waals surface area contributed by atoms with Gasteiger partial charge in [0.25, 0.3) is 0 Å². The number of hydrogen-bond acceptors (Lipinski definition) is 3. The second-order valence-electron chi connectivity index (χ2n) is 7.52. The summed E-state index contributed by atoms with van der Waals surface area (Å²) in [5.41, 5.74) is 2.27. The smallest absolute Gasteiger partial charge is 0.230 e. The molecule has 144 valence electrons. The van der Waals surface area contributed by atoms with Crippen molar-refractivity contribution in [3.63, 3.8) is 0 Å². The standard InChI is InChI=1S/C22H27FN2O2/c1-16(17-4-10-20(11-5-17)25-12-14-27-15-13-25)24-21(26)22(2,3)18-6-8-19(23)9-7-18/h4-11,16H,12-15H2,1-3H3,(H,24,26)/t16-/m1/s1. The van der Waals surface area contributed by atoms with Crippen molar-refractivity contribution >= 4 is 11.6 Å². The number of ether oxygens (including phenoxy) is 1. The molecule has 1 saturated heterocycles. The van der Waals surface area contributed by atoms with Crippen LogP contribution in [0, 0.1) is 5.82 Å². The van der Waals surface area contributed by atoms with Gasteiger partial charge >= 0.3 is 0 Å². The van der Waals surface area contributed by atoms with Crippen LogP contribution in [0.2, 0.25) is 0 Å². The van der Waals surface area contributed by atoms with E-state index in [2.05, 4.69) is 34.5 Å². The van der Waals surface area contributed by atoms with Gasteiger partial charge in [0.2, 0.25) is 5.91 Å². The fourth-order valence-electron chi connectivity index (χ4n) is 3.25. The van der Waals surface area contributed by atoms with Crippen molar-refractivity contribution < 1.29 is 13.9 Å². The van der Waals surface area contributed by atoms with Crippen LogP contribution in [0.4, 0.5) is 10.1 Å². The molecule has 4 nitrogen and oxygen atoms in total. The number of nitrogens with zero attached hydrogens (tertiary/aromatic N) is 1. The largest absolute Gasteiger partial charge is 0.378 e. The molecule has 1 fully saturated rings. The van der Waals surface area contributed by atoms with Crippen LogP contribution in [0.3, 0.4) is 0 Å². The molecule has 0 saturated carbocycles. The normalized spacial score (nSPS) is 16.1. The van der Waals surface area contributed by atoms with Crippen LogP contribution in [0.25, 0.3) is 0 Å². The van der Waals surface area contributed by atoms with Gasteiger partial charge in [0.1, 0.15) is 5.82 Å². The lowest BCUT2D eigenvalue weighted by molar-refractivity contribution is -0.126. The van der Waals surface area contributed by atoms with E-state index < -0.39 is 5.41 Å².